The molecule has 0 aliphatic heterocycles. The first kappa shape index (κ1) is 20.1. The van der Waals surface area contributed by atoms with Crippen LogP contribution in [0.2, 0.25) is 0 Å². The molecule has 3 aromatic rings. The highest BCUT2D eigenvalue weighted by Crippen LogP contribution is 2.23. The number of nitrogens with one attached hydrogen (secondary N) is 1. The molecule has 0 aliphatic rings. The number of aryl methyl sites for hydroxylation is 1. The monoisotopic (exact) mass is 407 g/mol. The quantitative estimate of drug-likeness (QED) is 0.676. The standard InChI is InChI=1S/C18H16F3N5O3/c1-11-9-26(10-24-11)15-17(28-2)25-14(8-22-15)16(27)23-7-12-3-5-13(6-4-12)29-18(19,20)21/h3-6,8-10H,7H2,1-2H3,(H,23,27). The highest BCUT2D eigenvalue weighted by atomic mass is 19.4. The molecule has 0 unspecified atom stereocenters. The molecule has 1 aromatic carbocycles. The van der Waals surface area contributed by atoms with Gasteiger partial charge in [0.05, 0.1) is 19.0 Å². The van der Waals surface area contributed by atoms with Crippen molar-refractivity contribution in [3.05, 3.63) is 59.9 Å². The van der Waals surface area contributed by atoms with E-state index in [1.165, 1.54) is 37.6 Å². The van der Waals surface area contributed by atoms with Crippen LogP contribution in [0.4, 0.5) is 13.2 Å². The molecule has 8 nitrogen and oxygen atoms in total. The number of alkyl halides is 3. The van der Waals surface area contributed by atoms with Crippen molar-refractivity contribution in [1.29, 1.82) is 0 Å². The van der Waals surface area contributed by atoms with Gasteiger partial charge in [0, 0.05) is 12.7 Å². The first-order chi connectivity index (χ1) is 13.7. The predicted molar refractivity (Wildman–Crippen MR) is 94.7 cm³/mol. The molecule has 29 heavy (non-hydrogen) atoms. The number of halogens is 3. The van der Waals surface area contributed by atoms with Gasteiger partial charge < -0.3 is 14.8 Å². The molecule has 0 fully saturated rings. The minimum atomic E-state index is -4.75. The van der Waals surface area contributed by atoms with Gasteiger partial charge in [-0.05, 0) is 24.6 Å². The van der Waals surface area contributed by atoms with Crippen molar-refractivity contribution in [2.45, 2.75) is 19.8 Å². The van der Waals surface area contributed by atoms with Gasteiger partial charge in [-0.25, -0.2) is 15.0 Å². The van der Waals surface area contributed by atoms with Crippen LogP contribution in [0.15, 0.2) is 43.0 Å². The van der Waals surface area contributed by atoms with Gasteiger partial charge >= 0.3 is 6.36 Å². The third-order valence-corrected chi connectivity index (χ3v) is 3.71. The number of rotatable bonds is 6. The minimum absolute atomic E-state index is 0.0273. The van der Waals surface area contributed by atoms with Crippen LogP contribution in [0, 0.1) is 6.92 Å². The molecule has 0 radical (unpaired) electrons. The van der Waals surface area contributed by atoms with Crippen molar-refractivity contribution in [3.8, 4) is 17.4 Å². The summed E-state index contributed by atoms with van der Waals surface area (Å²) in [6.07, 6.45) is -0.177. The second kappa shape index (κ2) is 8.17. The third-order valence-electron chi connectivity index (χ3n) is 3.71. The van der Waals surface area contributed by atoms with Crippen LogP contribution in [-0.4, -0.2) is 38.9 Å². The van der Waals surface area contributed by atoms with Gasteiger partial charge in [0.2, 0.25) is 5.82 Å². The predicted octanol–water partition coefficient (Wildman–Crippen LogP) is 2.81. The second-order valence-electron chi connectivity index (χ2n) is 5.88. The molecule has 2 heterocycles. The number of imidazole rings is 1. The van der Waals surface area contributed by atoms with E-state index in [0.717, 1.165) is 5.69 Å². The van der Waals surface area contributed by atoms with Crippen LogP contribution in [0.25, 0.3) is 5.82 Å². The number of hydrogen-bond donors (Lipinski definition) is 1. The Morgan fingerprint density at radius 2 is 1.93 bits per heavy atom. The van der Waals surface area contributed by atoms with Crippen molar-refractivity contribution >= 4 is 5.91 Å². The van der Waals surface area contributed by atoms with E-state index in [2.05, 4.69) is 25.0 Å². The number of nitrogens with zero attached hydrogens (tertiary/aromatic N) is 4. The van der Waals surface area contributed by atoms with E-state index in [-0.39, 0.29) is 23.9 Å². The molecule has 152 valence electrons. The van der Waals surface area contributed by atoms with E-state index in [1.807, 2.05) is 6.92 Å². The van der Waals surface area contributed by atoms with Crippen LogP contribution in [0.1, 0.15) is 21.7 Å². The number of carbonyl (C=O) groups is 1. The lowest BCUT2D eigenvalue weighted by atomic mass is 10.2. The first-order valence-electron chi connectivity index (χ1n) is 8.30. The summed E-state index contributed by atoms with van der Waals surface area (Å²) < 4.78 is 47.2. The molecule has 0 spiro atoms. The number of aromatic nitrogens is 4. The molecule has 11 heteroatoms. The average Bonchev–Trinajstić information content (AvgIpc) is 3.11. The zero-order valence-corrected chi connectivity index (χ0v) is 15.4. The first-order valence-corrected chi connectivity index (χ1v) is 8.30. The Balaban J connectivity index is 1.66. The van der Waals surface area contributed by atoms with Crippen LogP contribution in [0.3, 0.4) is 0 Å². The lowest BCUT2D eigenvalue weighted by Gasteiger charge is -2.10. The molecule has 3 rings (SSSR count). The average molecular weight is 407 g/mol. The highest BCUT2D eigenvalue weighted by Gasteiger charge is 2.30. The lowest BCUT2D eigenvalue weighted by Crippen LogP contribution is -2.24. The van der Waals surface area contributed by atoms with Gasteiger partial charge in [-0.2, -0.15) is 0 Å². The molecule has 2 aromatic heterocycles. The van der Waals surface area contributed by atoms with Gasteiger partial charge in [0.15, 0.2) is 5.69 Å². The third kappa shape index (κ3) is 5.21. The number of carbonyl (C=O) groups excluding carboxylic acids is 1. The van der Waals surface area contributed by atoms with Crippen molar-refractivity contribution in [1.82, 2.24) is 24.8 Å². The number of amides is 1. The maximum Gasteiger partial charge on any atom is 0.573 e. The van der Waals surface area contributed by atoms with E-state index >= 15 is 0 Å². The van der Waals surface area contributed by atoms with Crippen LogP contribution in [-0.2, 0) is 6.54 Å². The van der Waals surface area contributed by atoms with Crippen LogP contribution in [0.5, 0.6) is 11.6 Å². The Kier molecular flexibility index (Phi) is 5.66. The van der Waals surface area contributed by atoms with Gasteiger partial charge in [-0.3, -0.25) is 9.36 Å². The molecule has 1 amide bonds. The van der Waals surface area contributed by atoms with Crippen molar-refractivity contribution in [2.75, 3.05) is 7.11 Å². The molecule has 1 N–H and O–H groups in total. The molecule has 0 saturated carbocycles. The second-order valence-corrected chi connectivity index (χ2v) is 5.88. The number of benzene rings is 1. The Labute approximate surface area is 163 Å². The summed E-state index contributed by atoms with van der Waals surface area (Å²) in [4.78, 5) is 24.8. The number of ether oxygens (including phenoxy) is 2. The fourth-order valence-corrected chi connectivity index (χ4v) is 2.41. The molecular formula is C18H16F3N5O3. The minimum Gasteiger partial charge on any atom is -0.478 e. The summed E-state index contributed by atoms with van der Waals surface area (Å²) in [5.41, 5.74) is 1.39. The van der Waals surface area contributed by atoms with Crippen molar-refractivity contribution in [2.24, 2.45) is 0 Å². The summed E-state index contributed by atoms with van der Waals surface area (Å²) in [7, 11) is 1.41. The fourth-order valence-electron chi connectivity index (χ4n) is 2.41. The van der Waals surface area contributed by atoms with Crippen LogP contribution >= 0.6 is 0 Å². The van der Waals surface area contributed by atoms with E-state index in [9.17, 15) is 18.0 Å². The smallest absolute Gasteiger partial charge is 0.478 e. The maximum absolute atomic E-state index is 12.3. The van der Waals surface area contributed by atoms with Gasteiger partial charge in [-0.15, -0.1) is 13.2 Å². The fraction of sp³-hybridized carbons (Fsp3) is 0.222. The number of hydrogen-bond acceptors (Lipinski definition) is 6. The Bertz CT molecular complexity index is 1000. The van der Waals surface area contributed by atoms with Gasteiger partial charge in [0.25, 0.3) is 11.8 Å². The van der Waals surface area contributed by atoms with E-state index in [4.69, 9.17) is 4.74 Å². The van der Waals surface area contributed by atoms with Gasteiger partial charge in [0.1, 0.15) is 12.1 Å². The zero-order valence-electron chi connectivity index (χ0n) is 15.4. The largest absolute Gasteiger partial charge is 0.573 e. The van der Waals surface area contributed by atoms with Crippen molar-refractivity contribution in [3.63, 3.8) is 0 Å². The maximum atomic E-state index is 12.3. The normalized spacial score (nSPS) is 11.2. The lowest BCUT2D eigenvalue weighted by molar-refractivity contribution is -0.274. The molecule has 0 aliphatic carbocycles. The van der Waals surface area contributed by atoms with Gasteiger partial charge in [-0.1, -0.05) is 12.1 Å². The summed E-state index contributed by atoms with van der Waals surface area (Å²) in [6, 6.07) is 5.16. The molecular weight excluding hydrogens is 391 g/mol. The SMILES string of the molecule is COc1nc(C(=O)NCc2ccc(OC(F)(F)F)cc2)cnc1-n1cnc(C)c1. The Hall–Kier alpha value is -3.63. The number of methoxy groups -OCH3 is 1. The summed E-state index contributed by atoms with van der Waals surface area (Å²) in [5.74, 6) is -0.332. The van der Waals surface area contributed by atoms with Crippen LogP contribution < -0.4 is 14.8 Å². The summed E-state index contributed by atoms with van der Waals surface area (Å²) in [6.45, 7) is 1.90. The topological polar surface area (TPSA) is 91.2 Å². The Morgan fingerprint density at radius 3 is 2.52 bits per heavy atom. The summed E-state index contributed by atoms with van der Waals surface area (Å²) >= 11 is 0. The summed E-state index contributed by atoms with van der Waals surface area (Å²) in [5, 5.41) is 2.62. The zero-order chi connectivity index (χ0) is 21.0. The Morgan fingerprint density at radius 1 is 1.21 bits per heavy atom. The molecule has 0 atom stereocenters. The molecule has 0 saturated heterocycles. The van der Waals surface area contributed by atoms with Crippen molar-refractivity contribution < 1.29 is 27.4 Å². The molecule has 0 bridgehead atoms. The highest BCUT2D eigenvalue weighted by molar-refractivity contribution is 5.92. The van der Waals surface area contributed by atoms with E-state index in [0.29, 0.717) is 11.4 Å². The van der Waals surface area contributed by atoms with E-state index < -0.39 is 12.3 Å². The van der Waals surface area contributed by atoms with E-state index in [1.54, 1.807) is 17.1 Å².